The van der Waals surface area contributed by atoms with Gasteiger partial charge in [-0.2, -0.15) is 5.10 Å². The Morgan fingerprint density at radius 1 is 1.02 bits per heavy atom. The van der Waals surface area contributed by atoms with Crippen molar-refractivity contribution >= 4 is 29.4 Å². The van der Waals surface area contributed by atoms with Crippen LogP contribution in [-0.4, -0.2) is 67.4 Å². The highest BCUT2D eigenvalue weighted by molar-refractivity contribution is 8.00. The highest BCUT2D eigenvalue weighted by atomic mass is 32.2. The predicted octanol–water partition coefficient (Wildman–Crippen LogP) is 5.02. The summed E-state index contributed by atoms with van der Waals surface area (Å²) in [6, 6.07) is 25.3. The number of ether oxygens (including phenoxy) is 3. The van der Waals surface area contributed by atoms with Gasteiger partial charge in [0, 0.05) is 29.8 Å². The molecule has 1 N–H and O–H groups in total. The topological polar surface area (TPSA) is 94.9 Å². The van der Waals surface area contributed by atoms with Gasteiger partial charge >= 0.3 is 0 Å². The van der Waals surface area contributed by atoms with Crippen LogP contribution in [0.4, 0.5) is 5.82 Å². The number of thioether (sulfide) groups is 1. The lowest BCUT2D eigenvalue weighted by atomic mass is 9.99. The van der Waals surface area contributed by atoms with E-state index in [1.807, 2.05) is 78.9 Å². The third-order valence-corrected chi connectivity index (χ3v) is 8.96. The van der Waals surface area contributed by atoms with E-state index < -0.39 is 0 Å². The number of hydrogen-bond acceptors (Lipinski definition) is 7. The van der Waals surface area contributed by atoms with Crippen molar-refractivity contribution in [2.45, 2.75) is 24.2 Å². The molecule has 0 radical (unpaired) electrons. The molecule has 0 bridgehead atoms. The van der Waals surface area contributed by atoms with E-state index in [1.165, 1.54) is 11.8 Å². The zero-order valence-corrected chi connectivity index (χ0v) is 25.0. The molecule has 43 heavy (non-hydrogen) atoms. The fraction of sp³-hybridized carbons (Fsp3) is 0.303. The number of nitrogens with one attached hydrogen (secondary N) is 1. The van der Waals surface area contributed by atoms with Gasteiger partial charge in [-0.05, 0) is 43.2 Å². The van der Waals surface area contributed by atoms with Crippen LogP contribution >= 0.6 is 11.8 Å². The summed E-state index contributed by atoms with van der Waals surface area (Å²) in [5, 5.41) is 7.83. The van der Waals surface area contributed by atoms with Crippen LogP contribution in [0.15, 0.2) is 78.9 Å². The maximum Gasteiger partial charge on any atom is 0.240 e. The van der Waals surface area contributed by atoms with Gasteiger partial charge in [0.15, 0.2) is 0 Å². The van der Waals surface area contributed by atoms with E-state index in [4.69, 9.17) is 19.3 Å². The van der Waals surface area contributed by atoms with E-state index in [1.54, 1.807) is 23.8 Å². The molecule has 2 atom stereocenters. The molecule has 2 aliphatic heterocycles. The van der Waals surface area contributed by atoms with Gasteiger partial charge in [0.05, 0.1) is 42.7 Å². The van der Waals surface area contributed by atoms with Gasteiger partial charge in [0.25, 0.3) is 0 Å². The molecule has 1 saturated heterocycles. The highest BCUT2D eigenvalue weighted by Crippen LogP contribution is 2.50. The number of nitrogens with zero attached hydrogens (tertiary/aromatic N) is 3. The third-order valence-electron chi connectivity index (χ3n) is 7.73. The van der Waals surface area contributed by atoms with Crippen LogP contribution in [0.25, 0.3) is 16.9 Å². The number of anilines is 1. The van der Waals surface area contributed by atoms with Crippen LogP contribution < -0.4 is 19.7 Å². The van der Waals surface area contributed by atoms with E-state index >= 15 is 0 Å². The lowest BCUT2D eigenvalue weighted by Gasteiger charge is -2.24. The first kappa shape index (κ1) is 28.8. The lowest BCUT2D eigenvalue weighted by molar-refractivity contribution is -0.123. The van der Waals surface area contributed by atoms with Crippen molar-refractivity contribution in [3.8, 4) is 28.4 Å². The molecule has 0 aliphatic carbocycles. The van der Waals surface area contributed by atoms with Crippen LogP contribution in [0.5, 0.6) is 11.5 Å². The maximum absolute atomic E-state index is 13.9. The molecule has 2 amide bonds. The molecule has 1 fully saturated rings. The molecule has 222 valence electrons. The minimum atomic E-state index is -0.294. The van der Waals surface area contributed by atoms with Crippen LogP contribution in [0.2, 0.25) is 0 Å². The van der Waals surface area contributed by atoms with Gasteiger partial charge in [0.1, 0.15) is 23.9 Å². The molecule has 3 heterocycles. The molecule has 3 aromatic carbocycles. The van der Waals surface area contributed by atoms with Gasteiger partial charge in [0.2, 0.25) is 11.8 Å². The Labute approximate surface area is 255 Å². The number of carbonyl (C=O) groups is 2. The summed E-state index contributed by atoms with van der Waals surface area (Å²) >= 11 is 1.51. The number of aromatic nitrogens is 2. The summed E-state index contributed by atoms with van der Waals surface area (Å²) in [4.78, 5) is 28.9. The summed E-state index contributed by atoms with van der Waals surface area (Å²) in [6.07, 6.45) is 1.90. The number of para-hydroxylation sites is 1. The largest absolute Gasteiger partial charge is 0.497 e. The molecule has 0 saturated carbocycles. The zero-order chi connectivity index (χ0) is 29.8. The summed E-state index contributed by atoms with van der Waals surface area (Å²) in [7, 11) is 3.27. The van der Waals surface area contributed by atoms with Crippen molar-refractivity contribution in [2.24, 2.45) is 0 Å². The highest BCUT2D eigenvalue weighted by Gasteiger charge is 2.38. The Bertz CT molecular complexity index is 1580. The summed E-state index contributed by atoms with van der Waals surface area (Å²) in [6.45, 7) is 0.979. The number of benzene rings is 3. The van der Waals surface area contributed by atoms with Crippen molar-refractivity contribution in [2.75, 3.05) is 44.6 Å². The molecule has 9 nitrogen and oxygen atoms in total. The molecule has 0 spiro atoms. The van der Waals surface area contributed by atoms with Crippen molar-refractivity contribution in [3.63, 3.8) is 0 Å². The van der Waals surface area contributed by atoms with Crippen molar-refractivity contribution in [3.05, 3.63) is 90.0 Å². The smallest absolute Gasteiger partial charge is 0.240 e. The molecule has 2 aliphatic rings. The second-order valence-corrected chi connectivity index (χ2v) is 11.5. The average molecular weight is 599 g/mol. The summed E-state index contributed by atoms with van der Waals surface area (Å²) < 4.78 is 18.6. The van der Waals surface area contributed by atoms with E-state index in [-0.39, 0.29) is 35.5 Å². The zero-order valence-electron chi connectivity index (χ0n) is 24.2. The third kappa shape index (κ3) is 5.98. The fourth-order valence-electron chi connectivity index (χ4n) is 5.59. The molecule has 1 aromatic heterocycles. The van der Waals surface area contributed by atoms with Gasteiger partial charge < -0.3 is 19.5 Å². The van der Waals surface area contributed by atoms with Gasteiger partial charge in [-0.15, -0.1) is 11.8 Å². The van der Waals surface area contributed by atoms with Crippen molar-refractivity contribution in [1.82, 2.24) is 15.1 Å². The minimum absolute atomic E-state index is 0.000613. The maximum atomic E-state index is 13.9. The Kier molecular flexibility index (Phi) is 8.67. The number of hydrogen-bond donors (Lipinski definition) is 1. The molecule has 6 rings (SSSR count). The van der Waals surface area contributed by atoms with E-state index in [2.05, 4.69) is 5.32 Å². The summed E-state index contributed by atoms with van der Waals surface area (Å²) in [5.74, 6) is 1.73. The van der Waals surface area contributed by atoms with Crippen LogP contribution in [0.1, 0.15) is 29.2 Å². The fourth-order valence-corrected chi connectivity index (χ4v) is 6.82. The Morgan fingerprint density at radius 2 is 1.79 bits per heavy atom. The lowest BCUT2D eigenvalue weighted by Crippen LogP contribution is -2.44. The molecule has 10 heteroatoms. The average Bonchev–Trinajstić information content (AvgIpc) is 3.69. The quantitative estimate of drug-likeness (QED) is 0.289. The first-order valence-corrected chi connectivity index (χ1v) is 15.4. The van der Waals surface area contributed by atoms with E-state index in [9.17, 15) is 9.59 Å². The standard InChI is InChI=1S/C33H34N4O5S/c1-40-24-16-14-23(15-17-24)37-33-30(31(35-37)22-9-4-3-5-10-22)32(26-12-6-7-13-27(26)41-2)43-21-29(39)36(33)20-28(38)34-19-25-11-8-18-42-25/h3-7,9-10,12-17,25,32H,8,11,18-21H2,1-2H3,(H,34,38)/t25-,32+/m1/s1. The first-order chi connectivity index (χ1) is 21.1. The Hall–Kier alpha value is -4.28. The van der Waals surface area contributed by atoms with Crippen LogP contribution in [-0.2, 0) is 14.3 Å². The minimum Gasteiger partial charge on any atom is -0.497 e. The Morgan fingerprint density at radius 3 is 2.51 bits per heavy atom. The Balaban J connectivity index is 1.53. The second-order valence-electron chi connectivity index (χ2n) is 10.4. The van der Waals surface area contributed by atoms with E-state index in [0.29, 0.717) is 24.7 Å². The van der Waals surface area contributed by atoms with E-state index in [0.717, 1.165) is 46.7 Å². The van der Waals surface area contributed by atoms with Gasteiger partial charge in [-0.3, -0.25) is 14.5 Å². The number of amides is 2. The molecular weight excluding hydrogens is 564 g/mol. The molecule has 4 aromatic rings. The van der Waals surface area contributed by atoms with Crippen molar-refractivity contribution < 1.29 is 23.8 Å². The number of methoxy groups -OCH3 is 2. The van der Waals surface area contributed by atoms with Crippen LogP contribution in [0, 0.1) is 0 Å². The van der Waals surface area contributed by atoms with Gasteiger partial charge in [-0.1, -0.05) is 48.5 Å². The monoisotopic (exact) mass is 598 g/mol. The summed E-state index contributed by atoms with van der Waals surface area (Å²) in [5.41, 5.74) is 4.15. The van der Waals surface area contributed by atoms with Gasteiger partial charge in [-0.25, -0.2) is 4.68 Å². The van der Waals surface area contributed by atoms with Crippen LogP contribution in [0.3, 0.4) is 0 Å². The number of rotatable bonds is 9. The SMILES string of the molecule is COc1ccc(-n2nc(-c3ccccc3)c3c2N(CC(=O)NC[C@H]2CCCO2)C(=O)CS[C@H]3c2ccccc2OC)cc1. The molecular formula is C33H34N4O5S. The second kappa shape index (κ2) is 12.9. The first-order valence-electron chi connectivity index (χ1n) is 14.3. The normalized spacial score (nSPS) is 18.2. The molecule has 0 unspecified atom stereocenters. The van der Waals surface area contributed by atoms with Crippen molar-refractivity contribution in [1.29, 1.82) is 0 Å². The number of carbonyl (C=O) groups excluding carboxylic acids is 2. The predicted molar refractivity (Wildman–Crippen MR) is 167 cm³/mol. The number of fused-ring (bicyclic) bond motifs is 1.